The molecule has 1 aliphatic rings. The van der Waals surface area contributed by atoms with Crippen LogP contribution in [0.5, 0.6) is 0 Å². The first-order valence-electron chi connectivity index (χ1n) is 3.80. The molecule has 0 bridgehead atoms. The van der Waals surface area contributed by atoms with Crippen LogP contribution in [0.15, 0.2) is 0 Å². The summed E-state index contributed by atoms with van der Waals surface area (Å²) in [5, 5.41) is 8.94. The Morgan fingerprint density at radius 3 is 2.44 bits per heavy atom. The van der Waals surface area contributed by atoms with Crippen LogP contribution >= 0.6 is 0 Å². The third kappa shape index (κ3) is 2.35. The van der Waals surface area contributed by atoms with Crippen molar-refractivity contribution in [3.63, 3.8) is 0 Å². The lowest BCUT2D eigenvalue weighted by molar-refractivity contribution is 0.172. The van der Waals surface area contributed by atoms with Crippen molar-refractivity contribution in [2.45, 2.75) is 45.6 Å². The van der Waals surface area contributed by atoms with E-state index in [2.05, 4.69) is 6.92 Å². The Bertz CT molecular complexity index is 92.7. The lowest BCUT2D eigenvalue weighted by atomic mass is 10.0. The van der Waals surface area contributed by atoms with E-state index in [1.54, 1.807) is 0 Å². The van der Waals surface area contributed by atoms with Crippen molar-refractivity contribution in [3.8, 4) is 0 Å². The molecular weight excluding hydrogens is 112 g/mol. The Balaban J connectivity index is 2.05. The van der Waals surface area contributed by atoms with E-state index in [9.17, 15) is 0 Å². The van der Waals surface area contributed by atoms with Gasteiger partial charge in [-0.2, -0.15) is 0 Å². The molecule has 9 heavy (non-hydrogen) atoms. The van der Waals surface area contributed by atoms with Gasteiger partial charge in [0.05, 0.1) is 6.10 Å². The van der Waals surface area contributed by atoms with Crippen molar-refractivity contribution < 1.29 is 5.11 Å². The fourth-order valence-corrected chi connectivity index (χ4v) is 1.02. The topological polar surface area (TPSA) is 20.2 Å². The summed E-state index contributed by atoms with van der Waals surface area (Å²) >= 11 is 0. The number of hydrogen-bond donors (Lipinski definition) is 1. The van der Waals surface area contributed by atoms with Gasteiger partial charge in [0, 0.05) is 0 Å². The van der Waals surface area contributed by atoms with Gasteiger partial charge in [0.1, 0.15) is 0 Å². The molecule has 1 saturated carbocycles. The van der Waals surface area contributed by atoms with Gasteiger partial charge in [-0.1, -0.05) is 6.92 Å². The Hall–Kier alpha value is -0.0400. The first kappa shape index (κ1) is 7.07. The first-order chi connectivity index (χ1) is 4.12. The van der Waals surface area contributed by atoms with Crippen LogP contribution in [-0.4, -0.2) is 11.2 Å². The molecule has 1 atom stereocenters. The van der Waals surface area contributed by atoms with Gasteiger partial charge < -0.3 is 5.11 Å². The number of aliphatic hydroxyl groups excluding tert-OH is 1. The van der Waals surface area contributed by atoms with Crippen LogP contribution in [0, 0.1) is 5.41 Å². The van der Waals surface area contributed by atoms with Crippen molar-refractivity contribution in [1.29, 1.82) is 0 Å². The maximum Gasteiger partial charge on any atom is 0.0512 e. The SMILES string of the molecule is CC(O)CCC1(C)CC1. The summed E-state index contributed by atoms with van der Waals surface area (Å²) < 4.78 is 0. The molecule has 0 aliphatic heterocycles. The molecule has 1 aliphatic carbocycles. The molecule has 0 aromatic heterocycles. The fraction of sp³-hybridized carbons (Fsp3) is 1.00. The molecule has 1 nitrogen and oxygen atoms in total. The quantitative estimate of drug-likeness (QED) is 0.616. The van der Waals surface area contributed by atoms with E-state index >= 15 is 0 Å². The lowest BCUT2D eigenvalue weighted by Gasteiger charge is -2.08. The van der Waals surface area contributed by atoms with E-state index in [1.807, 2.05) is 6.92 Å². The summed E-state index contributed by atoms with van der Waals surface area (Å²) in [6.45, 7) is 4.17. The number of aliphatic hydroxyl groups is 1. The van der Waals surface area contributed by atoms with Gasteiger partial charge in [-0.25, -0.2) is 0 Å². The van der Waals surface area contributed by atoms with Crippen molar-refractivity contribution in [2.75, 3.05) is 0 Å². The van der Waals surface area contributed by atoms with Crippen molar-refractivity contribution >= 4 is 0 Å². The van der Waals surface area contributed by atoms with Gasteiger partial charge in [-0.3, -0.25) is 0 Å². The highest BCUT2D eigenvalue weighted by Crippen LogP contribution is 2.48. The average Bonchev–Trinajstić information content (AvgIpc) is 2.45. The normalized spacial score (nSPS) is 25.7. The second-order valence-corrected chi connectivity index (χ2v) is 3.70. The minimum absolute atomic E-state index is 0.0950. The van der Waals surface area contributed by atoms with Crippen LogP contribution in [-0.2, 0) is 0 Å². The molecular formula is C8H16O. The maximum atomic E-state index is 8.94. The van der Waals surface area contributed by atoms with Crippen LogP contribution in [0.25, 0.3) is 0 Å². The summed E-state index contributed by atoms with van der Waals surface area (Å²) in [6.07, 6.45) is 4.85. The van der Waals surface area contributed by atoms with E-state index < -0.39 is 0 Å². The van der Waals surface area contributed by atoms with Gasteiger partial charge in [0.15, 0.2) is 0 Å². The number of rotatable bonds is 3. The van der Waals surface area contributed by atoms with Gasteiger partial charge in [-0.05, 0) is 38.0 Å². The Labute approximate surface area is 57.1 Å². The summed E-state index contributed by atoms with van der Waals surface area (Å²) in [6, 6.07) is 0. The average molecular weight is 128 g/mol. The van der Waals surface area contributed by atoms with Crippen LogP contribution in [0.1, 0.15) is 39.5 Å². The molecule has 1 heteroatoms. The smallest absolute Gasteiger partial charge is 0.0512 e. The summed E-state index contributed by atoms with van der Waals surface area (Å²) in [5.74, 6) is 0. The summed E-state index contributed by atoms with van der Waals surface area (Å²) in [5.41, 5.74) is 0.622. The highest BCUT2D eigenvalue weighted by atomic mass is 16.3. The minimum Gasteiger partial charge on any atom is -0.393 e. The third-order valence-electron chi connectivity index (χ3n) is 2.27. The molecule has 0 aromatic rings. The highest BCUT2D eigenvalue weighted by Gasteiger charge is 2.36. The van der Waals surface area contributed by atoms with Crippen LogP contribution < -0.4 is 0 Å². The van der Waals surface area contributed by atoms with Gasteiger partial charge >= 0.3 is 0 Å². The molecule has 0 spiro atoms. The highest BCUT2D eigenvalue weighted by molar-refractivity contribution is 4.88. The molecule has 1 rings (SSSR count). The zero-order valence-electron chi connectivity index (χ0n) is 6.35. The minimum atomic E-state index is -0.0950. The second-order valence-electron chi connectivity index (χ2n) is 3.70. The van der Waals surface area contributed by atoms with E-state index in [4.69, 9.17) is 5.11 Å². The zero-order valence-corrected chi connectivity index (χ0v) is 6.35. The zero-order chi connectivity index (χ0) is 6.91. The standard InChI is InChI=1S/C8H16O/c1-7(9)3-4-8(2)5-6-8/h7,9H,3-6H2,1-2H3. The molecule has 1 N–H and O–H groups in total. The van der Waals surface area contributed by atoms with Crippen molar-refractivity contribution in [3.05, 3.63) is 0 Å². The van der Waals surface area contributed by atoms with Crippen molar-refractivity contribution in [1.82, 2.24) is 0 Å². The van der Waals surface area contributed by atoms with Gasteiger partial charge in [0.2, 0.25) is 0 Å². The molecule has 0 radical (unpaired) electrons. The van der Waals surface area contributed by atoms with Crippen molar-refractivity contribution in [2.24, 2.45) is 5.41 Å². The van der Waals surface area contributed by atoms with Gasteiger partial charge in [-0.15, -0.1) is 0 Å². The number of hydrogen-bond acceptors (Lipinski definition) is 1. The van der Waals surface area contributed by atoms with Crippen LogP contribution in [0.4, 0.5) is 0 Å². The molecule has 0 aromatic carbocycles. The monoisotopic (exact) mass is 128 g/mol. The predicted octanol–water partition coefficient (Wildman–Crippen LogP) is 1.95. The molecule has 54 valence electrons. The van der Waals surface area contributed by atoms with Crippen LogP contribution in [0.2, 0.25) is 0 Å². The largest absolute Gasteiger partial charge is 0.393 e. The molecule has 0 heterocycles. The summed E-state index contributed by atoms with van der Waals surface area (Å²) in [4.78, 5) is 0. The van der Waals surface area contributed by atoms with E-state index in [-0.39, 0.29) is 6.10 Å². The van der Waals surface area contributed by atoms with E-state index in [0.717, 1.165) is 6.42 Å². The summed E-state index contributed by atoms with van der Waals surface area (Å²) in [7, 11) is 0. The molecule has 1 fully saturated rings. The predicted molar refractivity (Wildman–Crippen MR) is 38.3 cm³/mol. The third-order valence-corrected chi connectivity index (χ3v) is 2.27. The maximum absolute atomic E-state index is 8.94. The fourth-order valence-electron chi connectivity index (χ4n) is 1.02. The Morgan fingerprint density at radius 1 is 1.56 bits per heavy atom. The molecule has 0 amide bonds. The lowest BCUT2D eigenvalue weighted by Crippen LogP contribution is -2.03. The first-order valence-corrected chi connectivity index (χ1v) is 3.80. The van der Waals surface area contributed by atoms with E-state index in [0.29, 0.717) is 5.41 Å². The van der Waals surface area contributed by atoms with Crippen LogP contribution in [0.3, 0.4) is 0 Å². The second kappa shape index (κ2) is 2.30. The van der Waals surface area contributed by atoms with E-state index in [1.165, 1.54) is 19.3 Å². The molecule has 0 saturated heterocycles. The Kier molecular flexibility index (Phi) is 1.80. The van der Waals surface area contributed by atoms with Gasteiger partial charge in [0.25, 0.3) is 0 Å². The molecule has 1 unspecified atom stereocenters. The Morgan fingerprint density at radius 2 is 2.11 bits per heavy atom.